The molecule has 7 heavy (non-hydrogen) atoms. The Morgan fingerprint density at radius 2 is 2.14 bits per heavy atom. The SMILES string of the molecule is OCC#CC(F)F. The summed E-state index contributed by atoms with van der Waals surface area (Å²) in [5.41, 5.74) is 0. The zero-order chi connectivity index (χ0) is 5.70. The summed E-state index contributed by atoms with van der Waals surface area (Å²) in [6, 6.07) is 0. The standard InChI is InChI=1S/C4H4F2O/c5-4(6)2-1-3-7/h4,7H,3H2. The van der Waals surface area contributed by atoms with E-state index in [1.54, 1.807) is 5.92 Å². The van der Waals surface area contributed by atoms with Crippen LogP contribution in [0.2, 0.25) is 0 Å². The van der Waals surface area contributed by atoms with E-state index in [9.17, 15) is 8.78 Å². The van der Waals surface area contributed by atoms with Crippen LogP contribution in [0.25, 0.3) is 0 Å². The third-order valence-corrected chi connectivity index (χ3v) is 0.290. The first-order valence-corrected chi connectivity index (χ1v) is 1.64. The molecule has 0 bridgehead atoms. The van der Waals surface area contributed by atoms with E-state index in [-0.39, 0.29) is 0 Å². The van der Waals surface area contributed by atoms with E-state index in [4.69, 9.17) is 5.11 Å². The Labute approximate surface area is 40.0 Å². The highest BCUT2D eigenvalue weighted by atomic mass is 19.3. The predicted molar refractivity (Wildman–Crippen MR) is 20.9 cm³/mol. The molecule has 0 aromatic heterocycles. The highest BCUT2D eigenvalue weighted by Crippen LogP contribution is 1.84. The molecule has 0 rings (SSSR count). The van der Waals surface area contributed by atoms with E-state index in [2.05, 4.69) is 0 Å². The van der Waals surface area contributed by atoms with E-state index in [0.29, 0.717) is 0 Å². The van der Waals surface area contributed by atoms with E-state index in [1.165, 1.54) is 5.92 Å². The zero-order valence-electron chi connectivity index (χ0n) is 3.49. The molecule has 0 aliphatic heterocycles. The van der Waals surface area contributed by atoms with Crippen LogP contribution < -0.4 is 0 Å². The lowest BCUT2D eigenvalue weighted by Crippen LogP contribution is -1.82. The van der Waals surface area contributed by atoms with Crippen molar-refractivity contribution in [2.45, 2.75) is 6.43 Å². The van der Waals surface area contributed by atoms with Crippen molar-refractivity contribution in [3.8, 4) is 11.8 Å². The lowest BCUT2D eigenvalue weighted by atomic mass is 10.6. The first kappa shape index (κ1) is 6.38. The summed E-state index contributed by atoms with van der Waals surface area (Å²) in [6.07, 6.45) is -2.62. The molecule has 0 spiro atoms. The average molecular weight is 106 g/mol. The molecular formula is C4H4F2O. The van der Waals surface area contributed by atoms with Crippen molar-refractivity contribution in [2.75, 3.05) is 6.61 Å². The summed E-state index contributed by atoms with van der Waals surface area (Å²) in [6.45, 7) is -0.496. The Bertz CT molecular complexity index is 89.6. The van der Waals surface area contributed by atoms with Gasteiger partial charge in [0.1, 0.15) is 6.61 Å². The summed E-state index contributed by atoms with van der Waals surface area (Å²) < 4.78 is 21.9. The minimum atomic E-state index is -2.62. The molecule has 0 amide bonds. The predicted octanol–water partition coefficient (Wildman–Crippen LogP) is 0.247. The highest BCUT2D eigenvalue weighted by molar-refractivity contribution is 5.00. The van der Waals surface area contributed by atoms with Crippen LogP contribution in [0.4, 0.5) is 8.78 Å². The van der Waals surface area contributed by atoms with Gasteiger partial charge in [-0.2, -0.15) is 8.78 Å². The van der Waals surface area contributed by atoms with E-state index in [1.807, 2.05) is 0 Å². The van der Waals surface area contributed by atoms with Crippen LogP contribution in [0, 0.1) is 11.8 Å². The number of hydrogen-bond acceptors (Lipinski definition) is 1. The molecule has 0 radical (unpaired) electrons. The second-order valence-electron chi connectivity index (χ2n) is 0.780. The topological polar surface area (TPSA) is 20.2 Å². The van der Waals surface area contributed by atoms with Crippen molar-refractivity contribution in [3.63, 3.8) is 0 Å². The van der Waals surface area contributed by atoms with Crippen molar-refractivity contribution in [1.29, 1.82) is 0 Å². The van der Waals surface area contributed by atoms with Gasteiger partial charge in [-0.05, 0) is 5.92 Å². The summed E-state index contributed by atoms with van der Waals surface area (Å²) in [5.74, 6) is 3.27. The third-order valence-electron chi connectivity index (χ3n) is 0.290. The van der Waals surface area contributed by atoms with E-state index < -0.39 is 13.0 Å². The molecule has 0 atom stereocenters. The molecule has 0 unspecified atom stereocenters. The number of halogens is 2. The maximum atomic E-state index is 10.9. The lowest BCUT2D eigenvalue weighted by molar-refractivity contribution is 0.214. The normalized spacial score (nSPS) is 8.00. The molecule has 1 N–H and O–H groups in total. The van der Waals surface area contributed by atoms with Gasteiger partial charge in [-0.15, -0.1) is 0 Å². The fourth-order valence-corrected chi connectivity index (χ4v) is 0.123. The Morgan fingerprint density at radius 1 is 1.57 bits per heavy atom. The van der Waals surface area contributed by atoms with Gasteiger partial charge in [0.25, 0.3) is 6.43 Å². The summed E-state index contributed by atoms with van der Waals surface area (Å²) in [5, 5.41) is 7.81. The summed E-state index contributed by atoms with van der Waals surface area (Å²) >= 11 is 0. The second-order valence-corrected chi connectivity index (χ2v) is 0.780. The van der Waals surface area contributed by atoms with Crippen LogP contribution in [0.1, 0.15) is 0 Å². The van der Waals surface area contributed by atoms with Crippen LogP contribution in [-0.4, -0.2) is 18.1 Å². The first-order valence-electron chi connectivity index (χ1n) is 1.64. The molecule has 0 saturated heterocycles. The Morgan fingerprint density at radius 3 is 2.29 bits per heavy atom. The second kappa shape index (κ2) is 3.57. The van der Waals surface area contributed by atoms with Crippen LogP contribution in [-0.2, 0) is 0 Å². The van der Waals surface area contributed by atoms with Gasteiger partial charge in [-0.1, -0.05) is 5.92 Å². The van der Waals surface area contributed by atoms with Crippen LogP contribution in [0.15, 0.2) is 0 Å². The molecule has 0 heterocycles. The van der Waals surface area contributed by atoms with Crippen molar-refractivity contribution in [1.82, 2.24) is 0 Å². The van der Waals surface area contributed by atoms with Crippen molar-refractivity contribution < 1.29 is 13.9 Å². The molecule has 0 aliphatic carbocycles. The van der Waals surface area contributed by atoms with Crippen molar-refractivity contribution in [3.05, 3.63) is 0 Å². The molecule has 0 saturated carbocycles. The molecule has 40 valence electrons. The van der Waals surface area contributed by atoms with Gasteiger partial charge in [0, 0.05) is 0 Å². The smallest absolute Gasteiger partial charge is 0.298 e. The van der Waals surface area contributed by atoms with Crippen LogP contribution in [0.3, 0.4) is 0 Å². The van der Waals surface area contributed by atoms with Gasteiger partial charge < -0.3 is 5.11 Å². The number of rotatable bonds is 0. The van der Waals surface area contributed by atoms with Gasteiger partial charge in [0.2, 0.25) is 0 Å². The fourth-order valence-electron chi connectivity index (χ4n) is 0.123. The van der Waals surface area contributed by atoms with Gasteiger partial charge >= 0.3 is 0 Å². The quantitative estimate of drug-likeness (QED) is 0.439. The monoisotopic (exact) mass is 106 g/mol. The molecule has 0 aliphatic rings. The summed E-state index contributed by atoms with van der Waals surface area (Å²) in [7, 11) is 0. The summed E-state index contributed by atoms with van der Waals surface area (Å²) in [4.78, 5) is 0. The maximum absolute atomic E-state index is 10.9. The van der Waals surface area contributed by atoms with Gasteiger partial charge in [0.05, 0.1) is 0 Å². The van der Waals surface area contributed by atoms with Crippen molar-refractivity contribution in [2.24, 2.45) is 0 Å². The molecule has 3 heteroatoms. The first-order chi connectivity index (χ1) is 3.27. The third kappa shape index (κ3) is 5.38. The zero-order valence-corrected chi connectivity index (χ0v) is 3.49. The Kier molecular flexibility index (Phi) is 3.25. The fraction of sp³-hybridized carbons (Fsp3) is 0.500. The number of alkyl halides is 2. The number of hydrogen-bond donors (Lipinski definition) is 1. The molecule has 0 fully saturated rings. The molecule has 1 nitrogen and oxygen atoms in total. The maximum Gasteiger partial charge on any atom is 0.298 e. The Hall–Kier alpha value is -0.620. The average Bonchev–Trinajstić information content (AvgIpc) is 1.61. The molecule has 0 aromatic carbocycles. The molecule has 0 aromatic rings. The largest absolute Gasteiger partial charge is 0.384 e. The highest BCUT2D eigenvalue weighted by Gasteiger charge is 1.88. The Balaban J connectivity index is 3.24. The minimum absolute atomic E-state index is 0.496. The van der Waals surface area contributed by atoms with Crippen molar-refractivity contribution >= 4 is 0 Å². The number of aliphatic hydroxyl groups is 1. The molecular weight excluding hydrogens is 102 g/mol. The van der Waals surface area contributed by atoms with E-state index in [0.717, 1.165) is 0 Å². The van der Waals surface area contributed by atoms with Gasteiger partial charge in [-0.25, -0.2) is 0 Å². The van der Waals surface area contributed by atoms with Gasteiger partial charge in [0.15, 0.2) is 0 Å². The lowest BCUT2D eigenvalue weighted by Gasteiger charge is -1.75. The van der Waals surface area contributed by atoms with Gasteiger partial charge in [-0.3, -0.25) is 0 Å². The minimum Gasteiger partial charge on any atom is -0.384 e. The van der Waals surface area contributed by atoms with Crippen LogP contribution in [0.5, 0.6) is 0 Å². The number of aliphatic hydroxyl groups excluding tert-OH is 1. The van der Waals surface area contributed by atoms with E-state index >= 15 is 0 Å². The van der Waals surface area contributed by atoms with Crippen LogP contribution >= 0.6 is 0 Å².